The van der Waals surface area contributed by atoms with E-state index in [1.165, 1.54) is 0 Å². The van der Waals surface area contributed by atoms with Crippen LogP contribution in [0.3, 0.4) is 0 Å². The quantitative estimate of drug-likeness (QED) is 0.0746. The third kappa shape index (κ3) is 6.58. The molecule has 1 fully saturated rings. The number of esters is 3. The van der Waals surface area contributed by atoms with Gasteiger partial charge in [-0.1, -0.05) is 0 Å². The summed E-state index contributed by atoms with van der Waals surface area (Å²) in [7, 11) is 0. The van der Waals surface area contributed by atoms with Gasteiger partial charge in [0.25, 0.3) is 0 Å². The Morgan fingerprint density at radius 3 is 1.79 bits per heavy atom. The molecule has 4 aromatic carbocycles. The Hall–Kier alpha value is -7.76. The molecule has 1 saturated heterocycles. The Bertz CT molecular complexity index is 2360. The van der Waals surface area contributed by atoms with Gasteiger partial charge in [0.05, 0.1) is 16.7 Å². The van der Waals surface area contributed by atoms with Crippen LogP contribution in [0.25, 0.3) is 11.1 Å². The summed E-state index contributed by atoms with van der Waals surface area (Å²) in [5, 5.41) is 146. The molecule has 300 valence electrons. The number of aromatic hydroxyl groups is 11. The van der Waals surface area contributed by atoms with E-state index in [0.717, 1.165) is 0 Å². The van der Waals surface area contributed by atoms with E-state index >= 15 is 0 Å². The molecule has 6 rings (SSSR count). The van der Waals surface area contributed by atoms with Crippen LogP contribution >= 0.6 is 0 Å². The molecule has 23 heteroatoms. The van der Waals surface area contributed by atoms with Crippen molar-refractivity contribution in [1.82, 2.24) is 0 Å². The first kappa shape index (κ1) is 38.9. The number of rotatable bonds is 5. The Balaban J connectivity index is 1.51. The molecule has 4 aromatic rings. The number of carboxylic acids is 1. The number of carbonyl (C=O) groups excluding carboxylic acids is 3. The number of phenolic OH excluding ortho intramolecular Hbond substituents is 11. The van der Waals surface area contributed by atoms with Gasteiger partial charge >= 0.3 is 23.9 Å². The van der Waals surface area contributed by atoms with E-state index in [0.29, 0.717) is 30.3 Å². The van der Waals surface area contributed by atoms with Gasteiger partial charge in [-0.05, 0) is 24.3 Å². The summed E-state index contributed by atoms with van der Waals surface area (Å²) in [4.78, 5) is 52.4. The zero-order chi connectivity index (χ0) is 41.9. The zero-order valence-corrected chi connectivity index (χ0v) is 27.9. The highest BCUT2D eigenvalue weighted by atomic mass is 16.7. The number of ether oxygens (including phenoxy) is 5. The molecule has 5 atom stereocenters. The lowest BCUT2D eigenvalue weighted by atomic mass is 9.91. The first-order valence-corrected chi connectivity index (χ1v) is 15.6. The van der Waals surface area contributed by atoms with Gasteiger partial charge in [0.1, 0.15) is 24.4 Å². The number of carboxylic acid groups (broad SMARTS) is 1. The second-order valence-electron chi connectivity index (χ2n) is 12.1. The van der Waals surface area contributed by atoms with Gasteiger partial charge in [0.15, 0.2) is 64.0 Å². The number of fused-ring (bicyclic) bond motifs is 5. The van der Waals surface area contributed by atoms with E-state index in [4.69, 9.17) is 23.7 Å². The van der Waals surface area contributed by atoms with Crippen LogP contribution in [0, 0.1) is 0 Å². The van der Waals surface area contributed by atoms with Crippen LogP contribution in [0.2, 0.25) is 0 Å². The van der Waals surface area contributed by atoms with Crippen LogP contribution in [0.1, 0.15) is 41.4 Å². The Morgan fingerprint density at radius 1 is 0.614 bits per heavy atom. The Kier molecular flexibility index (Phi) is 9.67. The van der Waals surface area contributed by atoms with E-state index < -0.39 is 169 Å². The van der Waals surface area contributed by atoms with E-state index in [2.05, 4.69) is 0 Å². The molecule has 2 aliphatic rings. The maximum Gasteiger partial charge on any atom is 0.340 e. The number of hydrogen-bond donors (Lipinski definition) is 14. The lowest BCUT2D eigenvalue weighted by Gasteiger charge is -2.41. The number of aromatic carboxylic acids is 1. The standard InChI is InChI=1S/C34H26O23/c35-11-1-7(2-12(36)19(11)40)31(50)57-34-26(47)29-22(43)16(54-34)6-53-32(51)8-3-13(37)20(41)23(44)17(8)18-9(33(52)56-29)4-15(39)28(24(18)45)55-27-10(30(48)49)5-14(38)21(42)25(27)46/h1-5,16,22,26,29,34-47H,6H2,(H,48,49). The van der Waals surface area contributed by atoms with Gasteiger partial charge < -0.3 is 95.2 Å². The number of phenols is 11. The molecule has 23 nitrogen and oxygen atoms in total. The van der Waals surface area contributed by atoms with Crippen molar-refractivity contribution in [2.45, 2.75) is 30.7 Å². The maximum atomic E-state index is 14.0. The van der Waals surface area contributed by atoms with E-state index in [9.17, 15) is 90.7 Å². The van der Waals surface area contributed by atoms with Crippen LogP contribution < -0.4 is 4.74 Å². The molecule has 57 heavy (non-hydrogen) atoms. The van der Waals surface area contributed by atoms with E-state index in [1.807, 2.05) is 0 Å². The number of cyclic esters (lactones) is 1. The first-order valence-electron chi connectivity index (χ1n) is 15.6. The highest BCUT2D eigenvalue weighted by Crippen LogP contribution is 2.56. The monoisotopic (exact) mass is 802 g/mol. The SMILES string of the molecule is O=C(OC1OC2COC(=O)c3cc(O)c(O)c(O)c3-c3c(cc(O)c(Oc4c(C(=O)O)cc(O)c(O)c4O)c3O)C(=O)OC(C2O)C1O)c1cc(O)c(O)c(O)c1. The zero-order valence-electron chi connectivity index (χ0n) is 27.9. The van der Waals surface area contributed by atoms with Crippen molar-refractivity contribution in [3.8, 4) is 85.9 Å². The van der Waals surface area contributed by atoms with Crippen molar-refractivity contribution in [2.75, 3.05) is 6.61 Å². The fourth-order valence-corrected chi connectivity index (χ4v) is 5.80. The van der Waals surface area contributed by atoms with Crippen molar-refractivity contribution >= 4 is 23.9 Å². The minimum absolute atomic E-state index is 0.381. The predicted molar refractivity (Wildman–Crippen MR) is 176 cm³/mol. The average Bonchev–Trinajstić information content (AvgIpc) is 3.15. The first-order chi connectivity index (χ1) is 26.7. The number of aliphatic hydroxyl groups excluding tert-OH is 2. The summed E-state index contributed by atoms with van der Waals surface area (Å²) in [6, 6.07) is 2.53. The largest absolute Gasteiger partial charge is 0.504 e. The summed E-state index contributed by atoms with van der Waals surface area (Å²) in [5.41, 5.74) is -6.03. The molecule has 5 unspecified atom stereocenters. The summed E-state index contributed by atoms with van der Waals surface area (Å²) in [6.45, 7) is -1.07. The molecule has 0 spiro atoms. The molecule has 0 aliphatic carbocycles. The second-order valence-corrected chi connectivity index (χ2v) is 12.1. The molecular formula is C34H26O23. The number of carbonyl (C=O) groups is 4. The van der Waals surface area contributed by atoms with Crippen molar-refractivity contribution in [3.63, 3.8) is 0 Å². The smallest absolute Gasteiger partial charge is 0.340 e. The predicted octanol–water partition coefficient (Wildman–Crippen LogP) is 0.605. The minimum Gasteiger partial charge on any atom is -0.504 e. The number of aliphatic hydroxyl groups is 2. The average molecular weight is 803 g/mol. The van der Waals surface area contributed by atoms with Gasteiger partial charge in [-0.25, -0.2) is 19.2 Å². The third-order valence-corrected chi connectivity index (χ3v) is 8.61. The normalized spacial score (nSPS) is 20.4. The summed E-state index contributed by atoms with van der Waals surface area (Å²) in [6.07, 6.45) is -10.8. The molecule has 0 amide bonds. The van der Waals surface area contributed by atoms with Gasteiger partial charge in [-0.15, -0.1) is 0 Å². The van der Waals surface area contributed by atoms with Crippen LogP contribution in [0.5, 0.6) is 74.7 Å². The van der Waals surface area contributed by atoms with Crippen molar-refractivity contribution in [3.05, 3.63) is 52.6 Å². The lowest BCUT2D eigenvalue weighted by Crippen LogP contribution is -2.61. The van der Waals surface area contributed by atoms with Gasteiger partial charge in [-0.2, -0.15) is 0 Å². The summed E-state index contributed by atoms with van der Waals surface area (Å²) < 4.78 is 26.3. The third-order valence-electron chi connectivity index (χ3n) is 8.61. The van der Waals surface area contributed by atoms with E-state index in [1.54, 1.807) is 0 Å². The van der Waals surface area contributed by atoms with Crippen LogP contribution in [-0.2, 0) is 18.9 Å². The maximum absolute atomic E-state index is 14.0. The topological polar surface area (TPSA) is 398 Å². The second kappa shape index (κ2) is 14.1. The molecule has 0 aromatic heterocycles. The number of hydrogen-bond acceptors (Lipinski definition) is 22. The summed E-state index contributed by atoms with van der Waals surface area (Å²) >= 11 is 0. The molecular weight excluding hydrogens is 776 g/mol. The Morgan fingerprint density at radius 2 is 1.16 bits per heavy atom. The molecule has 0 saturated carbocycles. The van der Waals surface area contributed by atoms with Crippen molar-refractivity contribution in [2.24, 2.45) is 0 Å². The lowest BCUT2D eigenvalue weighted by molar-refractivity contribution is -0.284. The fourth-order valence-electron chi connectivity index (χ4n) is 5.80. The van der Waals surface area contributed by atoms with E-state index in [-0.39, 0.29) is 0 Å². The Labute approximate surface area is 314 Å². The van der Waals surface area contributed by atoms with Gasteiger partial charge in [0, 0.05) is 17.2 Å². The number of benzene rings is 4. The molecule has 0 radical (unpaired) electrons. The molecule has 14 N–H and O–H groups in total. The van der Waals surface area contributed by atoms with Crippen LogP contribution in [0.15, 0.2) is 30.3 Å². The van der Waals surface area contributed by atoms with Crippen LogP contribution in [-0.4, -0.2) is 133 Å². The van der Waals surface area contributed by atoms with Crippen molar-refractivity contribution in [1.29, 1.82) is 0 Å². The van der Waals surface area contributed by atoms with Crippen LogP contribution in [0.4, 0.5) is 0 Å². The highest BCUT2D eigenvalue weighted by Gasteiger charge is 2.50. The molecule has 2 heterocycles. The van der Waals surface area contributed by atoms with Gasteiger partial charge in [0.2, 0.25) is 29.3 Å². The molecule has 2 bridgehead atoms. The van der Waals surface area contributed by atoms with Crippen molar-refractivity contribution < 1.29 is 114 Å². The fraction of sp³-hybridized carbons (Fsp3) is 0.176. The van der Waals surface area contributed by atoms with Gasteiger partial charge in [-0.3, -0.25) is 0 Å². The summed E-state index contributed by atoms with van der Waals surface area (Å²) in [5.74, 6) is -23.0. The highest BCUT2D eigenvalue weighted by molar-refractivity contribution is 6.08. The minimum atomic E-state index is -2.35. The molecule has 2 aliphatic heterocycles.